The zero-order chi connectivity index (χ0) is 19.4. The third-order valence-electron chi connectivity index (χ3n) is 3.95. The number of anilines is 1. The van der Waals surface area contributed by atoms with Crippen molar-refractivity contribution >= 4 is 45.7 Å². The van der Waals surface area contributed by atoms with Crippen molar-refractivity contribution < 1.29 is 9.53 Å². The van der Waals surface area contributed by atoms with Gasteiger partial charge in [-0.25, -0.2) is 4.79 Å². The van der Waals surface area contributed by atoms with Gasteiger partial charge >= 0.3 is 5.97 Å². The average molecular weight is 382 g/mol. The van der Waals surface area contributed by atoms with E-state index in [0.29, 0.717) is 15.7 Å². The van der Waals surface area contributed by atoms with Crippen LogP contribution in [0.3, 0.4) is 0 Å². The summed E-state index contributed by atoms with van der Waals surface area (Å²) in [6.07, 6.45) is 3.45. The Balaban J connectivity index is 2.07. The quantitative estimate of drug-likeness (QED) is 0.652. The molecular weight excluding hydrogens is 364 g/mol. The maximum absolute atomic E-state index is 12.6. The number of aromatic nitrogens is 2. The number of H-pyrrole nitrogens is 1. The molecule has 2 heterocycles. The molecule has 0 radical (unpaired) electrons. The van der Waals surface area contributed by atoms with E-state index in [9.17, 15) is 14.9 Å². The Labute approximate surface area is 158 Å². The number of carbonyl (C=O) groups excluding carboxylic acids is 1. The molecule has 0 bridgehead atoms. The van der Waals surface area contributed by atoms with Gasteiger partial charge in [0.1, 0.15) is 15.3 Å². The van der Waals surface area contributed by atoms with Crippen LogP contribution in [-0.2, 0) is 16.1 Å². The number of rotatable bonds is 5. The number of aromatic amines is 1. The SMILES string of the molecule is CCOC(=O)/C(C#N)=c1\s/c(=C\Nc2ccc3cc[nH]c3c2)c(=O)n1CC. The van der Waals surface area contributed by atoms with Crippen LogP contribution >= 0.6 is 11.3 Å². The molecule has 0 saturated heterocycles. The zero-order valence-corrected chi connectivity index (χ0v) is 15.7. The van der Waals surface area contributed by atoms with E-state index in [2.05, 4.69) is 10.3 Å². The predicted molar refractivity (Wildman–Crippen MR) is 106 cm³/mol. The minimum atomic E-state index is -0.722. The Bertz CT molecular complexity index is 1210. The first-order valence-electron chi connectivity index (χ1n) is 8.44. The van der Waals surface area contributed by atoms with Crippen LogP contribution in [0.4, 0.5) is 5.69 Å². The van der Waals surface area contributed by atoms with E-state index in [1.807, 2.05) is 36.5 Å². The van der Waals surface area contributed by atoms with Gasteiger partial charge in [0.05, 0.1) is 6.61 Å². The molecule has 138 valence electrons. The molecule has 7 nitrogen and oxygen atoms in total. The van der Waals surface area contributed by atoms with Gasteiger partial charge in [-0.3, -0.25) is 9.36 Å². The standard InChI is InChI=1S/C19H18N4O3S/c1-3-23-17(24)16(27-18(23)14(10-20)19(25)26-4-2)11-22-13-6-5-12-7-8-21-15(12)9-13/h5-9,11,21-22H,3-4H2,1-2H3/b16-11-,18-14-. The summed E-state index contributed by atoms with van der Waals surface area (Å²) in [6, 6.07) is 9.65. The fraction of sp³-hybridized carbons (Fsp3) is 0.211. The first kappa shape index (κ1) is 18.5. The molecule has 2 N–H and O–H groups in total. The molecule has 0 atom stereocenters. The number of esters is 1. The molecule has 0 saturated carbocycles. The predicted octanol–water partition coefficient (Wildman–Crippen LogP) is 1.50. The summed E-state index contributed by atoms with van der Waals surface area (Å²) in [5, 5.41) is 13.6. The van der Waals surface area contributed by atoms with Gasteiger partial charge in [0.25, 0.3) is 5.56 Å². The van der Waals surface area contributed by atoms with Gasteiger partial charge in [0.15, 0.2) is 5.57 Å². The van der Waals surface area contributed by atoms with Gasteiger partial charge < -0.3 is 15.0 Å². The third kappa shape index (κ3) is 3.64. The highest BCUT2D eigenvalue weighted by Gasteiger charge is 2.16. The van der Waals surface area contributed by atoms with Gasteiger partial charge in [-0.1, -0.05) is 6.07 Å². The summed E-state index contributed by atoms with van der Waals surface area (Å²) in [6.45, 7) is 3.96. The van der Waals surface area contributed by atoms with Crippen molar-refractivity contribution in [1.82, 2.24) is 9.55 Å². The fourth-order valence-corrected chi connectivity index (χ4v) is 3.74. The van der Waals surface area contributed by atoms with Crippen molar-refractivity contribution in [1.29, 1.82) is 5.26 Å². The lowest BCUT2D eigenvalue weighted by atomic mass is 10.2. The third-order valence-corrected chi connectivity index (χ3v) is 5.08. The van der Waals surface area contributed by atoms with Gasteiger partial charge in [-0.15, -0.1) is 11.3 Å². The summed E-state index contributed by atoms with van der Waals surface area (Å²) >= 11 is 1.09. The number of benzene rings is 1. The molecule has 8 heteroatoms. The lowest BCUT2D eigenvalue weighted by Gasteiger charge is -2.00. The van der Waals surface area contributed by atoms with Crippen LogP contribution in [0.15, 0.2) is 35.3 Å². The molecule has 0 unspecified atom stereocenters. The van der Waals surface area contributed by atoms with Crippen LogP contribution in [0.25, 0.3) is 22.7 Å². The molecule has 3 rings (SSSR count). The molecule has 27 heavy (non-hydrogen) atoms. The maximum atomic E-state index is 12.6. The second-order valence-electron chi connectivity index (χ2n) is 5.60. The van der Waals surface area contributed by atoms with Crippen LogP contribution in [0, 0.1) is 11.3 Å². The number of ether oxygens (including phenoxy) is 1. The molecule has 1 aromatic carbocycles. The van der Waals surface area contributed by atoms with E-state index in [1.54, 1.807) is 20.0 Å². The Hall–Kier alpha value is -3.31. The molecule has 0 aliphatic rings. The summed E-state index contributed by atoms with van der Waals surface area (Å²) in [5.41, 5.74) is 1.38. The highest BCUT2D eigenvalue weighted by Crippen LogP contribution is 2.17. The van der Waals surface area contributed by atoms with Crippen molar-refractivity contribution in [3.63, 3.8) is 0 Å². The van der Waals surface area contributed by atoms with E-state index in [1.165, 1.54) is 4.57 Å². The van der Waals surface area contributed by atoms with Crippen LogP contribution in [0.2, 0.25) is 0 Å². The number of hydrogen-bond donors (Lipinski definition) is 2. The molecule has 0 aliphatic heterocycles. The van der Waals surface area contributed by atoms with Crippen LogP contribution < -0.4 is 20.1 Å². The van der Waals surface area contributed by atoms with E-state index in [4.69, 9.17) is 4.74 Å². The van der Waals surface area contributed by atoms with Crippen molar-refractivity contribution in [2.75, 3.05) is 11.9 Å². The number of carbonyl (C=O) groups is 1. The largest absolute Gasteiger partial charge is 0.462 e. The van der Waals surface area contributed by atoms with Crippen LogP contribution in [0.1, 0.15) is 13.8 Å². The lowest BCUT2D eigenvalue weighted by molar-refractivity contribution is -0.136. The Morgan fingerprint density at radius 2 is 2.22 bits per heavy atom. The Kier molecular flexibility index (Phi) is 5.43. The van der Waals surface area contributed by atoms with Crippen LogP contribution in [-0.4, -0.2) is 22.1 Å². The smallest absolute Gasteiger partial charge is 0.351 e. The number of nitrogens with one attached hydrogen (secondary N) is 2. The minimum Gasteiger partial charge on any atom is -0.462 e. The molecule has 2 aromatic heterocycles. The van der Waals surface area contributed by atoms with Gasteiger partial charge in [0.2, 0.25) is 0 Å². The monoisotopic (exact) mass is 382 g/mol. The summed E-state index contributed by atoms with van der Waals surface area (Å²) in [7, 11) is 0. The lowest BCUT2D eigenvalue weighted by Crippen LogP contribution is -2.32. The number of nitriles is 1. The number of hydrogen-bond acceptors (Lipinski definition) is 6. The second-order valence-corrected chi connectivity index (χ2v) is 6.63. The summed E-state index contributed by atoms with van der Waals surface area (Å²) in [5.74, 6) is -0.722. The van der Waals surface area contributed by atoms with Crippen molar-refractivity contribution in [3.8, 4) is 6.07 Å². The molecule has 0 fully saturated rings. The molecule has 3 aromatic rings. The molecule has 0 spiro atoms. The average Bonchev–Trinajstić information content (AvgIpc) is 3.25. The molecule has 0 amide bonds. The van der Waals surface area contributed by atoms with Gasteiger partial charge in [0, 0.05) is 30.1 Å². The highest BCUT2D eigenvalue weighted by molar-refractivity contribution is 7.07. The van der Waals surface area contributed by atoms with E-state index in [-0.39, 0.29) is 17.7 Å². The van der Waals surface area contributed by atoms with E-state index < -0.39 is 5.97 Å². The zero-order valence-electron chi connectivity index (χ0n) is 14.9. The first-order valence-corrected chi connectivity index (χ1v) is 9.25. The number of thiazole rings is 1. The van der Waals surface area contributed by atoms with Crippen molar-refractivity contribution in [2.24, 2.45) is 0 Å². The minimum absolute atomic E-state index is 0.159. The molecule has 0 aliphatic carbocycles. The van der Waals surface area contributed by atoms with Crippen molar-refractivity contribution in [3.05, 3.63) is 50.0 Å². The topological polar surface area (TPSA) is 99.9 Å². The Morgan fingerprint density at radius 3 is 2.93 bits per heavy atom. The van der Waals surface area contributed by atoms with Gasteiger partial charge in [-0.2, -0.15) is 5.26 Å². The second kappa shape index (κ2) is 7.93. The maximum Gasteiger partial charge on any atom is 0.351 e. The molecular formula is C19H18N4O3S. The summed E-state index contributed by atoms with van der Waals surface area (Å²) in [4.78, 5) is 27.8. The van der Waals surface area contributed by atoms with E-state index in [0.717, 1.165) is 27.9 Å². The van der Waals surface area contributed by atoms with E-state index >= 15 is 0 Å². The fourth-order valence-electron chi connectivity index (χ4n) is 2.66. The number of nitrogens with zero attached hydrogens (tertiary/aromatic N) is 2. The number of fused-ring (bicyclic) bond motifs is 1. The van der Waals surface area contributed by atoms with Crippen LogP contribution in [0.5, 0.6) is 0 Å². The highest BCUT2D eigenvalue weighted by atomic mass is 32.1. The summed E-state index contributed by atoms with van der Waals surface area (Å²) < 4.78 is 7.03. The van der Waals surface area contributed by atoms with Crippen molar-refractivity contribution in [2.45, 2.75) is 20.4 Å². The normalized spacial score (nSPS) is 12.7. The Morgan fingerprint density at radius 1 is 1.41 bits per heavy atom. The van der Waals surface area contributed by atoms with Gasteiger partial charge in [-0.05, 0) is 37.4 Å². The first-order chi connectivity index (χ1) is 13.1.